The number of carbonyl (C=O) groups is 1. The lowest BCUT2D eigenvalue weighted by Crippen LogP contribution is -2.43. The topological polar surface area (TPSA) is 78.9 Å². The first-order valence-corrected chi connectivity index (χ1v) is 11.5. The Morgan fingerprint density at radius 3 is 2.80 bits per heavy atom. The smallest absolute Gasteiger partial charge is 0.410 e. The van der Waals surface area contributed by atoms with Crippen LogP contribution in [0.25, 0.3) is 0 Å². The molecule has 9 heteroatoms. The summed E-state index contributed by atoms with van der Waals surface area (Å²) in [5.74, 6) is 1.32. The lowest BCUT2D eigenvalue weighted by Gasteiger charge is -2.34. The number of nitrogens with zero attached hydrogens (tertiary/aromatic N) is 3. The van der Waals surface area contributed by atoms with Crippen LogP contribution in [-0.4, -0.2) is 60.3 Å². The molecule has 1 aliphatic rings. The van der Waals surface area contributed by atoms with Crippen molar-refractivity contribution < 1.29 is 9.53 Å². The Hall–Kier alpha value is -1.10. The molecule has 2 rings (SSSR count). The number of nitrogens with one attached hydrogen (secondary N) is 2. The molecule has 0 bridgehead atoms. The zero-order valence-electron chi connectivity index (χ0n) is 19.0. The van der Waals surface area contributed by atoms with Gasteiger partial charge in [-0.1, -0.05) is 0 Å². The second-order valence-corrected chi connectivity index (χ2v) is 9.84. The van der Waals surface area contributed by atoms with Crippen molar-refractivity contribution in [1.82, 2.24) is 20.5 Å². The molecular formula is C21H38IN5O2S. The van der Waals surface area contributed by atoms with Crippen LogP contribution in [0.15, 0.2) is 11.2 Å². The van der Waals surface area contributed by atoms with Crippen LogP contribution in [0.3, 0.4) is 0 Å². The molecule has 2 N–H and O–H groups in total. The third-order valence-corrected chi connectivity index (χ3v) is 5.60. The summed E-state index contributed by atoms with van der Waals surface area (Å²) in [5, 5.41) is 7.84. The van der Waals surface area contributed by atoms with E-state index in [2.05, 4.69) is 29.5 Å². The molecule has 172 valence electrons. The van der Waals surface area contributed by atoms with Crippen LogP contribution in [0.5, 0.6) is 0 Å². The van der Waals surface area contributed by atoms with Gasteiger partial charge in [0, 0.05) is 50.2 Å². The van der Waals surface area contributed by atoms with E-state index in [0.29, 0.717) is 5.92 Å². The van der Waals surface area contributed by atoms with Gasteiger partial charge in [0.25, 0.3) is 0 Å². The Kier molecular flexibility index (Phi) is 12.0. The van der Waals surface area contributed by atoms with Crippen LogP contribution >= 0.6 is 35.3 Å². The highest BCUT2D eigenvalue weighted by Gasteiger charge is 2.27. The highest BCUT2D eigenvalue weighted by atomic mass is 127. The van der Waals surface area contributed by atoms with Crippen LogP contribution in [0.2, 0.25) is 0 Å². The van der Waals surface area contributed by atoms with E-state index in [1.54, 1.807) is 11.3 Å². The number of aliphatic imine (C=N–C) groups is 1. The zero-order chi connectivity index (χ0) is 21.3. The van der Waals surface area contributed by atoms with Gasteiger partial charge in [-0.2, -0.15) is 0 Å². The number of carbonyl (C=O) groups excluding carboxylic acids is 1. The number of hydrogen-bond acceptors (Lipinski definition) is 5. The molecule has 7 nitrogen and oxygen atoms in total. The number of ether oxygens (including phenoxy) is 1. The summed E-state index contributed by atoms with van der Waals surface area (Å²) in [6.07, 6.45) is 5.77. The lowest BCUT2D eigenvalue weighted by molar-refractivity contribution is 0.0163. The van der Waals surface area contributed by atoms with E-state index < -0.39 is 5.60 Å². The quantitative estimate of drug-likeness (QED) is 0.302. The third-order valence-electron chi connectivity index (χ3n) is 4.62. The first kappa shape index (κ1) is 26.9. The molecule has 2 heterocycles. The highest BCUT2D eigenvalue weighted by molar-refractivity contribution is 14.0. The summed E-state index contributed by atoms with van der Waals surface area (Å²) in [5.41, 5.74) is -0.446. The van der Waals surface area contributed by atoms with Gasteiger partial charge in [-0.15, -0.1) is 35.3 Å². The van der Waals surface area contributed by atoms with Gasteiger partial charge in [0.15, 0.2) is 5.96 Å². The maximum atomic E-state index is 12.3. The summed E-state index contributed by atoms with van der Waals surface area (Å²) in [4.78, 5) is 24.5. The average molecular weight is 552 g/mol. The molecular weight excluding hydrogens is 513 g/mol. The normalized spacial score (nSPS) is 17.3. The van der Waals surface area contributed by atoms with Crippen LogP contribution < -0.4 is 10.6 Å². The molecule has 1 saturated heterocycles. The van der Waals surface area contributed by atoms with Gasteiger partial charge in [0.05, 0.1) is 5.01 Å². The van der Waals surface area contributed by atoms with Crippen molar-refractivity contribution in [2.45, 2.75) is 65.9 Å². The summed E-state index contributed by atoms with van der Waals surface area (Å²) < 4.78 is 5.52. The molecule has 0 spiro atoms. The maximum absolute atomic E-state index is 12.3. The Morgan fingerprint density at radius 2 is 2.17 bits per heavy atom. The van der Waals surface area contributed by atoms with Gasteiger partial charge in [-0.3, -0.25) is 4.99 Å². The van der Waals surface area contributed by atoms with Gasteiger partial charge in [0.2, 0.25) is 0 Å². The molecule has 0 radical (unpaired) electrons. The van der Waals surface area contributed by atoms with Crippen molar-refractivity contribution in [3.63, 3.8) is 0 Å². The molecule has 0 aromatic carbocycles. The second-order valence-electron chi connectivity index (χ2n) is 8.53. The Balaban J connectivity index is 0.00000450. The van der Waals surface area contributed by atoms with Crippen molar-refractivity contribution in [3.8, 4) is 0 Å². The van der Waals surface area contributed by atoms with Crippen molar-refractivity contribution in [2.75, 3.05) is 32.7 Å². The number of thiazole rings is 1. The number of aromatic nitrogens is 1. The molecule has 1 aliphatic heterocycles. The molecule has 1 atom stereocenters. The predicted molar refractivity (Wildman–Crippen MR) is 135 cm³/mol. The number of halogens is 1. The Labute approximate surface area is 202 Å². The van der Waals surface area contributed by atoms with Crippen LogP contribution in [-0.2, 0) is 11.2 Å². The fourth-order valence-electron chi connectivity index (χ4n) is 3.30. The van der Waals surface area contributed by atoms with Gasteiger partial charge >= 0.3 is 6.09 Å². The maximum Gasteiger partial charge on any atom is 0.410 e. The van der Waals surface area contributed by atoms with E-state index in [0.717, 1.165) is 69.4 Å². The fraction of sp³-hybridized carbons (Fsp3) is 0.762. The minimum Gasteiger partial charge on any atom is -0.444 e. The van der Waals surface area contributed by atoms with E-state index >= 15 is 0 Å². The van der Waals surface area contributed by atoms with Gasteiger partial charge in [-0.05, 0) is 59.8 Å². The van der Waals surface area contributed by atoms with E-state index in [-0.39, 0.29) is 30.1 Å². The van der Waals surface area contributed by atoms with Crippen LogP contribution in [0.1, 0.15) is 56.8 Å². The van der Waals surface area contributed by atoms with E-state index in [4.69, 9.17) is 9.73 Å². The van der Waals surface area contributed by atoms with Crippen molar-refractivity contribution in [3.05, 3.63) is 16.1 Å². The highest BCUT2D eigenvalue weighted by Crippen LogP contribution is 2.21. The van der Waals surface area contributed by atoms with Gasteiger partial charge < -0.3 is 20.3 Å². The minimum atomic E-state index is -0.446. The second kappa shape index (κ2) is 13.3. The number of rotatable bonds is 7. The largest absolute Gasteiger partial charge is 0.444 e. The Bertz CT molecular complexity index is 675. The number of piperidine rings is 1. The lowest BCUT2D eigenvalue weighted by atomic mass is 9.95. The molecule has 0 aliphatic carbocycles. The third kappa shape index (κ3) is 10.3. The van der Waals surface area contributed by atoms with Gasteiger partial charge in [0.1, 0.15) is 5.60 Å². The number of hydrogen-bond donors (Lipinski definition) is 2. The molecule has 1 fully saturated rings. The van der Waals surface area contributed by atoms with Crippen molar-refractivity contribution >= 4 is 47.4 Å². The summed E-state index contributed by atoms with van der Waals surface area (Å²) >= 11 is 1.74. The predicted octanol–water partition coefficient (Wildman–Crippen LogP) is 4.20. The number of amides is 1. The van der Waals surface area contributed by atoms with Crippen molar-refractivity contribution in [1.29, 1.82) is 0 Å². The molecule has 0 saturated carbocycles. The van der Waals surface area contributed by atoms with E-state index in [9.17, 15) is 4.79 Å². The van der Waals surface area contributed by atoms with Crippen LogP contribution in [0, 0.1) is 12.8 Å². The number of aryl methyl sites for hydroxylation is 1. The molecule has 1 aromatic heterocycles. The number of guanidine groups is 1. The minimum absolute atomic E-state index is 0. The monoisotopic (exact) mass is 551 g/mol. The molecule has 1 aromatic rings. The fourth-order valence-corrected chi connectivity index (χ4v) is 4.09. The first-order chi connectivity index (χ1) is 13.8. The van der Waals surface area contributed by atoms with Crippen LogP contribution in [0.4, 0.5) is 4.79 Å². The SMILES string of the molecule is CCNC(=NCCC1CCCN(C(=O)OC(C)(C)C)C1)NCCc1ncc(C)s1.I. The molecule has 1 amide bonds. The van der Waals surface area contributed by atoms with Gasteiger partial charge in [-0.25, -0.2) is 9.78 Å². The standard InChI is InChI=1S/C21H37N5O2S.HI/c1-6-22-19(24-12-10-18-25-14-16(2)29-18)23-11-9-17-8-7-13-26(15-17)20(27)28-21(3,4)5;/h14,17H,6-13,15H2,1-5H3,(H2,22,23,24);1H. The number of likely N-dealkylation sites (tertiary alicyclic amines) is 1. The molecule has 1 unspecified atom stereocenters. The average Bonchev–Trinajstić information content (AvgIpc) is 3.06. The van der Waals surface area contributed by atoms with E-state index in [1.807, 2.05) is 31.9 Å². The molecule has 30 heavy (non-hydrogen) atoms. The first-order valence-electron chi connectivity index (χ1n) is 10.7. The zero-order valence-corrected chi connectivity index (χ0v) is 22.1. The summed E-state index contributed by atoms with van der Waals surface area (Å²) in [6, 6.07) is 0. The Morgan fingerprint density at radius 1 is 1.40 bits per heavy atom. The van der Waals surface area contributed by atoms with Crippen molar-refractivity contribution in [2.24, 2.45) is 10.9 Å². The summed E-state index contributed by atoms with van der Waals surface area (Å²) in [7, 11) is 0. The summed E-state index contributed by atoms with van der Waals surface area (Å²) in [6.45, 7) is 13.8. The van der Waals surface area contributed by atoms with E-state index in [1.165, 1.54) is 4.88 Å².